The standard InChI is InChI=1S/C12H12ClN3OS/c13-7-4-10(18-11(7)5-14)12(17)16-9-3-6-1-2-8(9)15-6/h4,6,8-9,15H,1-3H2,(H,16,17)/t6-,8+,9-/m1/s1. The number of nitriles is 1. The first-order valence-corrected chi connectivity index (χ1v) is 7.13. The highest BCUT2D eigenvalue weighted by Gasteiger charge is 2.39. The van der Waals surface area contributed by atoms with Crippen molar-refractivity contribution in [1.82, 2.24) is 10.6 Å². The number of rotatable bonds is 2. The van der Waals surface area contributed by atoms with Crippen LogP contribution in [0.5, 0.6) is 0 Å². The minimum Gasteiger partial charge on any atom is -0.347 e. The lowest BCUT2D eigenvalue weighted by Crippen LogP contribution is -2.42. The average molecular weight is 282 g/mol. The zero-order chi connectivity index (χ0) is 12.7. The summed E-state index contributed by atoms with van der Waals surface area (Å²) < 4.78 is 0. The van der Waals surface area contributed by atoms with Crippen molar-refractivity contribution in [3.8, 4) is 6.07 Å². The van der Waals surface area contributed by atoms with Crippen molar-refractivity contribution in [2.75, 3.05) is 0 Å². The van der Waals surface area contributed by atoms with E-state index in [9.17, 15) is 4.79 Å². The maximum atomic E-state index is 12.1. The van der Waals surface area contributed by atoms with Gasteiger partial charge in [0.15, 0.2) is 0 Å². The van der Waals surface area contributed by atoms with Crippen LogP contribution in [-0.4, -0.2) is 24.0 Å². The number of hydrogen-bond acceptors (Lipinski definition) is 4. The van der Waals surface area contributed by atoms with E-state index in [4.69, 9.17) is 16.9 Å². The number of nitrogens with one attached hydrogen (secondary N) is 2. The van der Waals surface area contributed by atoms with Crippen LogP contribution in [0.4, 0.5) is 0 Å². The van der Waals surface area contributed by atoms with Crippen LogP contribution in [0.1, 0.15) is 33.8 Å². The SMILES string of the molecule is N#Cc1sc(C(=O)N[C@@H]2C[C@H]3CC[C@@H]2N3)cc1Cl. The zero-order valence-corrected chi connectivity index (χ0v) is 11.1. The highest BCUT2D eigenvalue weighted by molar-refractivity contribution is 7.15. The molecule has 1 aromatic heterocycles. The van der Waals surface area contributed by atoms with Gasteiger partial charge in [-0.2, -0.15) is 5.26 Å². The van der Waals surface area contributed by atoms with E-state index in [0.717, 1.165) is 24.2 Å². The summed E-state index contributed by atoms with van der Waals surface area (Å²) in [4.78, 5) is 13.0. The van der Waals surface area contributed by atoms with Crippen molar-refractivity contribution in [1.29, 1.82) is 5.26 Å². The van der Waals surface area contributed by atoms with E-state index in [0.29, 0.717) is 26.9 Å². The number of carbonyl (C=O) groups is 1. The lowest BCUT2D eigenvalue weighted by Gasteiger charge is -2.20. The van der Waals surface area contributed by atoms with E-state index in [-0.39, 0.29) is 11.9 Å². The highest BCUT2D eigenvalue weighted by Crippen LogP contribution is 2.30. The molecular weight excluding hydrogens is 270 g/mol. The normalized spacial score (nSPS) is 29.2. The summed E-state index contributed by atoms with van der Waals surface area (Å²) in [5, 5.41) is 15.7. The van der Waals surface area contributed by atoms with Gasteiger partial charge in [-0.1, -0.05) is 11.6 Å². The Balaban J connectivity index is 1.70. The number of fused-ring (bicyclic) bond motifs is 2. The van der Waals surface area contributed by atoms with Gasteiger partial charge >= 0.3 is 0 Å². The molecule has 3 heterocycles. The second-order valence-corrected chi connectivity index (χ2v) is 6.22. The molecule has 2 N–H and O–H groups in total. The van der Waals surface area contributed by atoms with Gasteiger partial charge in [0.2, 0.25) is 0 Å². The Kier molecular flexibility index (Phi) is 3.02. The Morgan fingerprint density at radius 2 is 2.44 bits per heavy atom. The van der Waals surface area contributed by atoms with Gasteiger partial charge in [0, 0.05) is 18.1 Å². The van der Waals surface area contributed by atoms with Crippen molar-refractivity contribution in [2.45, 2.75) is 37.4 Å². The van der Waals surface area contributed by atoms with Crippen LogP contribution in [0.2, 0.25) is 5.02 Å². The topological polar surface area (TPSA) is 64.9 Å². The number of nitrogens with zero attached hydrogens (tertiary/aromatic N) is 1. The quantitative estimate of drug-likeness (QED) is 0.870. The van der Waals surface area contributed by atoms with Crippen molar-refractivity contribution < 1.29 is 4.79 Å². The molecule has 1 aromatic rings. The number of halogens is 1. The Morgan fingerprint density at radius 1 is 1.61 bits per heavy atom. The fourth-order valence-electron chi connectivity index (χ4n) is 2.78. The van der Waals surface area contributed by atoms with Crippen LogP contribution in [0.25, 0.3) is 0 Å². The van der Waals surface area contributed by atoms with Crippen LogP contribution in [0, 0.1) is 11.3 Å². The van der Waals surface area contributed by atoms with Crippen LogP contribution < -0.4 is 10.6 Å². The smallest absolute Gasteiger partial charge is 0.261 e. The lowest BCUT2D eigenvalue weighted by molar-refractivity contribution is 0.0935. The molecule has 0 saturated carbocycles. The molecule has 2 aliphatic rings. The largest absolute Gasteiger partial charge is 0.347 e. The third-order valence-corrected chi connectivity index (χ3v) is 5.08. The van der Waals surface area contributed by atoms with Gasteiger partial charge in [-0.25, -0.2) is 0 Å². The van der Waals surface area contributed by atoms with Gasteiger partial charge in [-0.15, -0.1) is 11.3 Å². The fraction of sp³-hybridized carbons (Fsp3) is 0.500. The summed E-state index contributed by atoms with van der Waals surface area (Å²) in [6.07, 6.45) is 3.34. The Labute approximate surface area is 114 Å². The van der Waals surface area contributed by atoms with E-state index < -0.39 is 0 Å². The number of amides is 1. The van der Waals surface area contributed by atoms with Crippen LogP contribution in [-0.2, 0) is 0 Å². The van der Waals surface area contributed by atoms with Gasteiger partial charge < -0.3 is 10.6 Å². The van der Waals surface area contributed by atoms with Gasteiger partial charge in [-0.05, 0) is 25.3 Å². The molecule has 0 aromatic carbocycles. The molecule has 94 valence electrons. The molecule has 0 spiro atoms. The molecule has 4 nitrogen and oxygen atoms in total. The fourth-order valence-corrected chi connectivity index (χ4v) is 3.86. The highest BCUT2D eigenvalue weighted by atomic mass is 35.5. The number of hydrogen-bond donors (Lipinski definition) is 2. The van der Waals surface area contributed by atoms with E-state index in [2.05, 4.69) is 10.6 Å². The molecule has 2 aliphatic heterocycles. The van der Waals surface area contributed by atoms with Gasteiger partial charge in [0.1, 0.15) is 10.9 Å². The molecule has 1 amide bonds. The predicted molar refractivity (Wildman–Crippen MR) is 69.9 cm³/mol. The van der Waals surface area contributed by atoms with Gasteiger partial charge in [-0.3, -0.25) is 4.79 Å². The van der Waals surface area contributed by atoms with Crippen LogP contribution in [0.15, 0.2) is 6.07 Å². The first-order chi connectivity index (χ1) is 8.67. The van der Waals surface area contributed by atoms with E-state index in [1.165, 1.54) is 6.42 Å². The second kappa shape index (κ2) is 4.54. The zero-order valence-electron chi connectivity index (χ0n) is 9.57. The minimum absolute atomic E-state index is 0.122. The third-order valence-electron chi connectivity index (χ3n) is 3.63. The molecule has 0 aliphatic carbocycles. The average Bonchev–Trinajstić information content (AvgIpc) is 3.03. The van der Waals surface area contributed by atoms with Crippen molar-refractivity contribution in [3.05, 3.63) is 20.8 Å². The Bertz CT molecular complexity index is 536. The second-order valence-electron chi connectivity index (χ2n) is 4.76. The summed E-state index contributed by atoms with van der Waals surface area (Å²) in [6.45, 7) is 0. The van der Waals surface area contributed by atoms with E-state index in [1.807, 2.05) is 6.07 Å². The Hall–Kier alpha value is -1.09. The molecule has 6 heteroatoms. The summed E-state index contributed by atoms with van der Waals surface area (Å²) in [5.74, 6) is -0.122. The van der Waals surface area contributed by atoms with Crippen molar-refractivity contribution >= 4 is 28.8 Å². The van der Waals surface area contributed by atoms with Crippen molar-refractivity contribution in [3.63, 3.8) is 0 Å². The van der Waals surface area contributed by atoms with Crippen LogP contribution >= 0.6 is 22.9 Å². The molecule has 2 fully saturated rings. The molecular formula is C12H12ClN3OS. The lowest BCUT2D eigenvalue weighted by atomic mass is 9.95. The molecule has 3 atom stereocenters. The molecule has 18 heavy (non-hydrogen) atoms. The Morgan fingerprint density at radius 3 is 3.00 bits per heavy atom. The molecule has 0 radical (unpaired) electrons. The molecule has 2 bridgehead atoms. The summed E-state index contributed by atoms with van der Waals surface area (Å²) in [7, 11) is 0. The monoisotopic (exact) mass is 281 g/mol. The van der Waals surface area contributed by atoms with Gasteiger partial charge in [0.25, 0.3) is 5.91 Å². The van der Waals surface area contributed by atoms with Gasteiger partial charge in [0.05, 0.1) is 9.90 Å². The summed E-state index contributed by atoms with van der Waals surface area (Å²) >= 11 is 7.01. The minimum atomic E-state index is -0.122. The third kappa shape index (κ3) is 2.01. The maximum Gasteiger partial charge on any atom is 0.261 e. The molecule has 2 saturated heterocycles. The van der Waals surface area contributed by atoms with E-state index >= 15 is 0 Å². The number of thiophene rings is 1. The molecule has 0 unspecified atom stereocenters. The van der Waals surface area contributed by atoms with E-state index in [1.54, 1.807) is 6.07 Å². The maximum absolute atomic E-state index is 12.1. The number of carbonyl (C=O) groups excluding carboxylic acids is 1. The summed E-state index contributed by atoms with van der Waals surface area (Å²) in [6, 6.07) is 4.73. The first-order valence-electron chi connectivity index (χ1n) is 5.93. The first kappa shape index (κ1) is 12.0. The van der Waals surface area contributed by atoms with Crippen molar-refractivity contribution in [2.24, 2.45) is 0 Å². The summed E-state index contributed by atoms with van der Waals surface area (Å²) in [5.41, 5.74) is 0. The predicted octanol–water partition coefficient (Wildman–Crippen LogP) is 1.90. The van der Waals surface area contributed by atoms with Crippen LogP contribution in [0.3, 0.4) is 0 Å². The molecule has 3 rings (SSSR count).